The van der Waals surface area contributed by atoms with E-state index in [9.17, 15) is 9.18 Å². The zero-order valence-electron chi connectivity index (χ0n) is 6.24. The van der Waals surface area contributed by atoms with Crippen molar-refractivity contribution >= 4 is 17.5 Å². The van der Waals surface area contributed by atoms with Crippen LogP contribution in [0.2, 0.25) is 5.02 Å². The highest BCUT2D eigenvalue weighted by molar-refractivity contribution is 6.34. The normalized spacial score (nSPS) is 9.08. The summed E-state index contributed by atoms with van der Waals surface area (Å²) in [6.07, 6.45) is 0. The van der Waals surface area contributed by atoms with Gasteiger partial charge in [0.15, 0.2) is 0 Å². The number of rotatable bonds is 1. The van der Waals surface area contributed by atoms with Crippen LogP contribution in [0.25, 0.3) is 10.4 Å². The van der Waals surface area contributed by atoms with E-state index in [1.54, 1.807) is 0 Å². The van der Waals surface area contributed by atoms with Gasteiger partial charge in [0.25, 0.3) is 5.91 Å². The van der Waals surface area contributed by atoms with E-state index in [1.807, 2.05) is 0 Å². The van der Waals surface area contributed by atoms with Crippen LogP contribution in [0.5, 0.6) is 0 Å². The van der Waals surface area contributed by atoms with Crippen molar-refractivity contribution in [3.05, 3.63) is 45.0 Å². The maximum atomic E-state index is 12.8. The smallest absolute Gasteiger partial charge is 0.250 e. The molecule has 1 amide bonds. The van der Waals surface area contributed by atoms with E-state index in [-0.39, 0.29) is 10.6 Å². The molecule has 0 aliphatic rings. The Bertz CT molecular complexity index is 401. The number of nitrogens with zero attached hydrogens (tertiary/aromatic N) is 3. The summed E-state index contributed by atoms with van der Waals surface area (Å²) >= 11 is 5.44. The minimum absolute atomic E-state index is 0.139. The van der Waals surface area contributed by atoms with Crippen molar-refractivity contribution in [1.29, 1.82) is 0 Å². The highest BCUT2D eigenvalue weighted by Crippen LogP contribution is 2.20. The standard InChI is InChI=1S/C7H3ClFN3O/c8-6-4(7(13)11-12-10)2-1-3-5(6)9/h1-3H. The second kappa shape index (κ2) is 3.89. The van der Waals surface area contributed by atoms with E-state index in [4.69, 9.17) is 17.1 Å². The predicted molar refractivity (Wildman–Crippen MR) is 44.9 cm³/mol. The third-order valence-electron chi connectivity index (χ3n) is 1.32. The average Bonchev–Trinajstić information content (AvgIpc) is 2.10. The lowest BCUT2D eigenvalue weighted by molar-refractivity contribution is 0.1000. The molecule has 0 fully saturated rings. The molecule has 66 valence electrons. The van der Waals surface area contributed by atoms with E-state index >= 15 is 0 Å². The van der Waals surface area contributed by atoms with Crippen molar-refractivity contribution in [3.63, 3.8) is 0 Å². The van der Waals surface area contributed by atoms with Gasteiger partial charge in [-0.25, -0.2) is 4.39 Å². The largest absolute Gasteiger partial charge is 0.287 e. The molecule has 0 spiro atoms. The lowest BCUT2D eigenvalue weighted by Gasteiger charge is -1.98. The topological polar surface area (TPSA) is 65.8 Å². The summed E-state index contributed by atoms with van der Waals surface area (Å²) in [5, 5.41) is 2.45. The summed E-state index contributed by atoms with van der Waals surface area (Å²) in [6.45, 7) is 0. The number of halogens is 2. The van der Waals surface area contributed by atoms with Crippen LogP contribution in [0.3, 0.4) is 0 Å². The summed E-state index contributed by atoms with van der Waals surface area (Å²) in [5.74, 6) is -1.62. The van der Waals surface area contributed by atoms with Gasteiger partial charge in [-0.05, 0) is 22.8 Å². The van der Waals surface area contributed by atoms with Crippen molar-refractivity contribution in [3.8, 4) is 0 Å². The minimum Gasteiger partial charge on any atom is -0.287 e. The Morgan fingerprint density at radius 3 is 2.92 bits per heavy atom. The van der Waals surface area contributed by atoms with Gasteiger partial charge in [-0.15, -0.1) is 0 Å². The van der Waals surface area contributed by atoms with Crippen LogP contribution in [-0.4, -0.2) is 5.91 Å². The predicted octanol–water partition coefficient (Wildman–Crippen LogP) is 2.93. The Labute approximate surface area is 77.6 Å². The molecule has 1 aromatic carbocycles. The number of benzene rings is 1. The zero-order chi connectivity index (χ0) is 9.84. The van der Waals surface area contributed by atoms with Gasteiger partial charge in [0, 0.05) is 10.5 Å². The van der Waals surface area contributed by atoms with Crippen LogP contribution in [0.15, 0.2) is 23.3 Å². The molecule has 0 heterocycles. The Morgan fingerprint density at radius 1 is 1.62 bits per heavy atom. The van der Waals surface area contributed by atoms with Crippen molar-refractivity contribution < 1.29 is 9.18 Å². The molecule has 0 saturated carbocycles. The summed E-state index contributed by atoms with van der Waals surface area (Å²) in [4.78, 5) is 13.2. The third kappa shape index (κ3) is 1.96. The molecule has 0 aromatic heterocycles. The van der Waals surface area contributed by atoms with Gasteiger partial charge in [-0.1, -0.05) is 17.7 Å². The van der Waals surface area contributed by atoms with Gasteiger partial charge >= 0.3 is 0 Å². The van der Waals surface area contributed by atoms with Crippen molar-refractivity contribution in [2.75, 3.05) is 0 Å². The highest BCUT2D eigenvalue weighted by atomic mass is 35.5. The molecule has 4 nitrogen and oxygen atoms in total. The van der Waals surface area contributed by atoms with E-state index in [2.05, 4.69) is 10.0 Å². The van der Waals surface area contributed by atoms with Gasteiger partial charge in [-0.2, -0.15) is 0 Å². The number of azide groups is 1. The number of carbonyl (C=O) groups excluding carboxylic acids is 1. The molecule has 0 bridgehead atoms. The first-order chi connectivity index (χ1) is 6.16. The molecule has 6 heteroatoms. The van der Waals surface area contributed by atoms with E-state index in [0.29, 0.717) is 0 Å². The Kier molecular flexibility index (Phi) is 2.84. The second-order valence-electron chi connectivity index (χ2n) is 2.10. The fourth-order valence-corrected chi connectivity index (χ4v) is 0.970. The van der Waals surface area contributed by atoms with Crippen LogP contribution in [0.1, 0.15) is 10.4 Å². The summed E-state index contributed by atoms with van der Waals surface area (Å²) in [6, 6.07) is 3.69. The zero-order valence-corrected chi connectivity index (χ0v) is 6.99. The molecule has 1 aromatic rings. The molecule has 13 heavy (non-hydrogen) atoms. The molecular formula is C7H3ClFN3O. The van der Waals surface area contributed by atoms with Gasteiger partial charge < -0.3 is 0 Å². The monoisotopic (exact) mass is 199 g/mol. The molecular weight excluding hydrogens is 197 g/mol. The molecule has 0 aliphatic heterocycles. The maximum absolute atomic E-state index is 12.8. The van der Waals surface area contributed by atoms with Crippen LogP contribution in [-0.2, 0) is 0 Å². The Hall–Kier alpha value is -1.58. The number of carbonyl (C=O) groups is 1. The first kappa shape index (κ1) is 9.51. The second-order valence-corrected chi connectivity index (χ2v) is 2.47. The van der Waals surface area contributed by atoms with Gasteiger partial charge in [0.1, 0.15) is 5.82 Å². The highest BCUT2D eigenvalue weighted by Gasteiger charge is 2.11. The molecule has 1 rings (SSSR count). The first-order valence-corrected chi connectivity index (χ1v) is 3.58. The Morgan fingerprint density at radius 2 is 2.31 bits per heavy atom. The Balaban J connectivity index is 3.22. The number of hydrogen-bond acceptors (Lipinski definition) is 1. The van der Waals surface area contributed by atoms with Crippen molar-refractivity contribution in [1.82, 2.24) is 0 Å². The lowest BCUT2D eigenvalue weighted by Crippen LogP contribution is -1.95. The molecule has 0 atom stereocenters. The van der Waals surface area contributed by atoms with Crippen LogP contribution in [0, 0.1) is 5.82 Å². The maximum Gasteiger partial charge on any atom is 0.250 e. The van der Waals surface area contributed by atoms with Crippen molar-refractivity contribution in [2.45, 2.75) is 0 Å². The SMILES string of the molecule is [N-]=[N+]=NC(=O)c1cccc(F)c1Cl. The average molecular weight is 200 g/mol. The number of amides is 1. The first-order valence-electron chi connectivity index (χ1n) is 3.20. The molecule has 0 unspecified atom stereocenters. The fourth-order valence-electron chi connectivity index (χ4n) is 0.763. The van der Waals surface area contributed by atoms with E-state index < -0.39 is 11.7 Å². The van der Waals surface area contributed by atoms with Crippen molar-refractivity contribution in [2.24, 2.45) is 5.11 Å². The molecule has 0 saturated heterocycles. The summed E-state index contributed by atoms with van der Waals surface area (Å²) < 4.78 is 12.8. The summed E-state index contributed by atoms with van der Waals surface area (Å²) in [5.41, 5.74) is 7.82. The van der Waals surface area contributed by atoms with Gasteiger partial charge in [-0.3, -0.25) is 4.79 Å². The quantitative estimate of drug-likeness (QED) is 0.390. The molecule has 0 aliphatic carbocycles. The molecule has 0 N–H and O–H groups in total. The van der Waals surface area contributed by atoms with Gasteiger partial charge in [0.05, 0.1) is 5.02 Å². The van der Waals surface area contributed by atoms with Crippen LogP contribution < -0.4 is 0 Å². The van der Waals surface area contributed by atoms with Crippen LogP contribution in [0.4, 0.5) is 4.39 Å². The van der Waals surface area contributed by atoms with Crippen LogP contribution >= 0.6 is 11.6 Å². The lowest BCUT2D eigenvalue weighted by atomic mass is 10.2. The van der Waals surface area contributed by atoms with E-state index in [0.717, 1.165) is 6.07 Å². The molecule has 0 radical (unpaired) electrons. The number of hydrogen-bond donors (Lipinski definition) is 0. The fraction of sp³-hybridized carbons (Fsp3) is 0. The van der Waals surface area contributed by atoms with E-state index in [1.165, 1.54) is 12.1 Å². The van der Waals surface area contributed by atoms with Gasteiger partial charge in [0.2, 0.25) is 0 Å². The third-order valence-corrected chi connectivity index (χ3v) is 1.70. The minimum atomic E-state index is -0.896. The summed E-state index contributed by atoms with van der Waals surface area (Å²) in [7, 11) is 0.